The number of hydrogen-bond acceptors (Lipinski definition) is 4. The van der Waals surface area contributed by atoms with Crippen LogP contribution in [0.25, 0.3) is 0 Å². The van der Waals surface area contributed by atoms with E-state index < -0.39 is 5.91 Å². The van der Waals surface area contributed by atoms with Crippen LogP contribution >= 0.6 is 24.0 Å². The maximum absolute atomic E-state index is 14.4. The van der Waals surface area contributed by atoms with E-state index in [9.17, 15) is 9.18 Å². The molecule has 30 heavy (non-hydrogen) atoms. The molecule has 7 nitrogen and oxygen atoms in total. The van der Waals surface area contributed by atoms with Crippen LogP contribution in [0.1, 0.15) is 54.6 Å². The summed E-state index contributed by atoms with van der Waals surface area (Å²) in [5, 5.41) is 6.37. The van der Waals surface area contributed by atoms with Crippen LogP contribution in [-0.4, -0.2) is 25.0 Å². The lowest BCUT2D eigenvalue weighted by Gasteiger charge is -2.19. The molecule has 4 N–H and O–H groups in total. The summed E-state index contributed by atoms with van der Waals surface area (Å²) < 4.78 is 25.2. The standard InChI is InChI=1S/C21H27FN4O3.HI/c1-3-24-21(25-11-16-7-9-19(29-16)20(23)27)26-13(2)15-6-8-18(17(22)10-15)28-12-14-4-5-14;/h6-10,13-14H,3-5,11-12H2,1-2H3,(H2,23,27)(H2,24,25,26);1H. The fraction of sp³-hybridized carbons (Fsp3) is 0.429. The van der Waals surface area contributed by atoms with Gasteiger partial charge in [0.05, 0.1) is 12.6 Å². The van der Waals surface area contributed by atoms with Crippen molar-refractivity contribution in [3.63, 3.8) is 0 Å². The van der Waals surface area contributed by atoms with E-state index in [-0.39, 0.29) is 53.9 Å². The number of primary amides is 1. The van der Waals surface area contributed by atoms with Crippen molar-refractivity contribution in [1.29, 1.82) is 0 Å². The lowest BCUT2D eigenvalue weighted by atomic mass is 10.1. The van der Waals surface area contributed by atoms with Crippen molar-refractivity contribution < 1.29 is 18.3 Å². The van der Waals surface area contributed by atoms with Gasteiger partial charge in [-0.15, -0.1) is 24.0 Å². The van der Waals surface area contributed by atoms with Crippen LogP contribution in [0, 0.1) is 11.7 Å². The molecule has 1 unspecified atom stereocenters. The van der Waals surface area contributed by atoms with Gasteiger partial charge in [-0.2, -0.15) is 0 Å². The first-order valence-electron chi connectivity index (χ1n) is 9.82. The molecular weight excluding hydrogens is 502 g/mol. The van der Waals surface area contributed by atoms with Gasteiger partial charge in [0.2, 0.25) is 0 Å². The van der Waals surface area contributed by atoms with Crippen LogP contribution in [-0.2, 0) is 6.54 Å². The molecule has 1 fully saturated rings. The first-order chi connectivity index (χ1) is 14.0. The van der Waals surface area contributed by atoms with E-state index in [0.29, 0.717) is 30.8 Å². The van der Waals surface area contributed by atoms with Gasteiger partial charge in [-0.3, -0.25) is 4.79 Å². The third kappa shape index (κ3) is 6.89. The summed E-state index contributed by atoms with van der Waals surface area (Å²) in [7, 11) is 0. The van der Waals surface area contributed by atoms with Crippen LogP contribution in [0.4, 0.5) is 4.39 Å². The zero-order valence-electron chi connectivity index (χ0n) is 17.1. The Hall–Kier alpha value is -2.30. The Bertz CT molecular complexity index is 883. The molecule has 0 radical (unpaired) electrons. The third-order valence-corrected chi connectivity index (χ3v) is 4.62. The highest BCUT2D eigenvalue weighted by Crippen LogP contribution is 2.30. The summed E-state index contributed by atoms with van der Waals surface area (Å²) in [6, 6.07) is 7.99. The number of benzene rings is 1. The molecule has 1 amide bonds. The largest absolute Gasteiger partial charge is 0.490 e. The zero-order valence-corrected chi connectivity index (χ0v) is 19.4. The van der Waals surface area contributed by atoms with Crippen LogP contribution in [0.15, 0.2) is 39.7 Å². The number of nitrogens with zero attached hydrogens (tertiary/aromatic N) is 1. The number of ether oxygens (including phenoxy) is 1. The smallest absolute Gasteiger partial charge is 0.284 e. The van der Waals surface area contributed by atoms with E-state index in [0.717, 1.165) is 18.4 Å². The highest BCUT2D eigenvalue weighted by atomic mass is 127. The molecule has 0 spiro atoms. The molecule has 0 bridgehead atoms. The van der Waals surface area contributed by atoms with Crippen LogP contribution in [0.2, 0.25) is 0 Å². The van der Waals surface area contributed by atoms with Crippen LogP contribution in [0.5, 0.6) is 5.75 Å². The van der Waals surface area contributed by atoms with E-state index in [1.165, 1.54) is 12.1 Å². The fourth-order valence-corrected chi connectivity index (χ4v) is 2.76. The summed E-state index contributed by atoms with van der Waals surface area (Å²) in [6.45, 7) is 5.34. The van der Waals surface area contributed by atoms with Gasteiger partial charge < -0.3 is 25.5 Å². The molecule has 0 saturated heterocycles. The third-order valence-electron chi connectivity index (χ3n) is 4.62. The van der Waals surface area contributed by atoms with Gasteiger partial charge in [0.1, 0.15) is 12.3 Å². The maximum Gasteiger partial charge on any atom is 0.284 e. The maximum atomic E-state index is 14.4. The number of nitrogens with two attached hydrogens (primary N) is 1. The Morgan fingerprint density at radius 3 is 2.73 bits per heavy atom. The summed E-state index contributed by atoms with van der Waals surface area (Å²) in [6.07, 6.45) is 2.32. The number of halogens is 2. The minimum Gasteiger partial charge on any atom is -0.490 e. The number of carbonyl (C=O) groups is 1. The Kier molecular flexibility index (Phi) is 8.94. The highest BCUT2D eigenvalue weighted by molar-refractivity contribution is 14.0. The van der Waals surface area contributed by atoms with Crippen molar-refractivity contribution in [1.82, 2.24) is 10.6 Å². The van der Waals surface area contributed by atoms with Gasteiger partial charge in [0.15, 0.2) is 23.3 Å². The second-order valence-corrected chi connectivity index (χ2v) is 7.14. The molecule has 1 saturated carbocycles. The summed E-state index contributed by atoms with van der Waals surface area (Å²) >= 11 is 0. The van der Waals surface area contributed by atoms with Crippen LogP contribution in [0.3, 0.4) is 0 Å². The van der Waals surface area contributed by atoms with Crippen LogP contribution < -0.4 is 21.1 Å². The van der Waals surface area contributed by atoms with Crippen molar-refractivity contribution in [3.05, 3.63) is 53.2 Å². The predicted molar refractivity (Wildman–Crippen MR) is 124 cm³/mol. The topological polar surface area (TPSA) is 102 Å². The van der Waals surface area contributed by atoms with Gasteiger partial charge in [-0.25, -0.2) is 9.38 Å². The van der Waals surface area contributed by atoms with Crippen molar-refractivity contribution >= 4 is 35.8 Å². The molecule has 1 aliphatic rings. The van der Waals surface area contributed by atoms with Crippen molar-refractivity contribution in [3.8, 4) is 5.75 Å². The SMILES string of the molecule is CCNC(=NCc1ccc(C(N)=O)o1)NC(C)c1ccc(OCC2CC2)c(F)c1.I. The zero-order chi connectivity index (χ0) is 20.8. The van der Waals surface area contributed by atoms with E-state index in [1.54, 1.807) is 12.1 Å². The predicted octanol–water partition coefficient (Wildman–Crippen LogP) is 3.74. The molecule has 1 aromatic carbocycles. The summed E-state index contributed by atoms with van der Waals surface area (Å²) in [5.41, 5.74) is 5.97. The average Bonchev–Trinajstić information content (AvgIpc) is 3.39. The highest BCUT2D eigenvalue weighted by Gasteiger charge is 2.22. The number of carbonyl (C=O) groups excluding carboxylic acids is 1. The number of amides is 1. The number of guanidine groups is 1. The van der Waals surface area contributed by atoms with E-state index in [4.69, 9.17) is 14.9 Å². The van der Waals surface area contributed by atoms with Gasteiger partial charge >= 0.3 is 0 Å². The lowest BCUT2D eigenvalue weighted by molar-refractivity contribution is 0.0972. The summed E-state index contributed by atoms with van der Waals surface area (Å²) in [5.74, 6) is 1.04. The number of rotatable bonds is 9. The fourth-order valence-electron chi connectivity index (χ4n) is 2.76. The molecule has 9 heteroatoms. The van der Waals surface area contributed by atoms with Gasteiger partial charge in [0.25, 0.3) is 5.91 Å². The lowest BCUT2D eigenvalue weighted by Crippen LogP contribution is -2.38. The molecular formula is C21H28FIN4O3. The molecule has 164 valence electrons. The Labute approximate surface area is 192 Å². The normalized spacial score (nSPS) is 14.6. The van der Waals surface area contributed by atoms with E-state index in [2.05, 4.69) is 15.6 Å². The minimum absolute atomic E-state index is 0. The van der Waals surface area contributed by atoms with Crippen molar-refractivity contribution in [2.45, 2.75) is 39.3 Å². The molecule has 1 heterocycles. The first-order valence-corrected chi connectivity index (χ1v) is 9.82. The number of nitrogens with one attached hydrogen (secondary N) is 2. The average molecular weight is 530 g/mol. The Balaban J connectivity index is 0.00000320. The monoisotopic (exact) mass is 530 g/mol. The van der Waals surface area contributed by atoms with E-state index in [1.807, 2.05) is 19.9 Å². The molecule has 2 aromatic rings. The second kappa shape index (κ2) is 11.2. The Morgan fingerprint density at radius 1 is 1.37 bits per heavy atom. The van der Waals surface area contributed by atoms with E-state index >= 15 is 0 Å². The van der Waals surface area contributed by atoms with Gasteiger partial charge in [-0.1, -0.05) is 6.07 Å². The number of hydrogen-bond donors (Lipinski definition) is 3. The van der Waals surface area contributed by atoms with Crippen molar-refractivity contribution in [2.75, 3.05) is 13.2 Å². The first kappa shape index (κ1) is 24.0. The minimum atomic E-state index is -0.620. The molecule has 0 aliphatic heterocycles. The number of furan rings is 1. The summed E-state index contributed by atoms with van der Waals surface area (Å²) in [4.78, 5) is 15.6. The quantitative estimate of drug-likeness (QED) is 0.261. The Morgan fingerprint density at radius 2 is 2.13 bits per heavy atom. The molecule has 1 aromatic heterocycles. The second-order valence-electron chi connectivity index (χ2n) is 7.14. The van der Waals surface area contributed by atoms with Gasteiger partial charge in [0, 0.05) is 6.54 Å². The number of aliphatic imine (C=N–C) groups is 1. The molecule has 1 aliphatic carbocycles. The molecule has 1 atom stereocenters. The molecule has 3 rings (SSSR count). The van der Waals surface area contributed by atoms with Crippen molar-refractivity contribution in [2.24, 2.45) is 16.6 Å². The van der Waals surface area contributed by atoms with Gasteiger partial charge in [-0.05, 0) is 62.4 Å².